The Bertz CT molecular complexity index is 928. The molecule has 30 heavy (non-hydrogen) atoms. The number of fused-ring (bicyclic) bond motifs is 1. The first-order chi connectivity index (χ1) is 14.1. The average Bonchev–Trinajstić information content (AvgIpc) is 2.76. The Morgan fingerprint density at radius 3 is 2.73 bits per heavy atom. The molecule has 1 aliphatic heterocycles. The quantitative estimate of drug-likeness (QED) is 0.714. The highest BCUT2D eigenvalue weighted by Gasteiger charge is 2.53. The van der Waals surface area contributed by atoms with Crippen molar-refractivity contribution in [2.45, 2.75) is 50.0 Å². The lowest BCUT2D eigenvalue weighted by Gasteiger charge is -2.59. The number of piperidine rings is 1. The maximum absolute atomic E-state index is 13.0. The van der Waals surface area contributed by atoms with E-state index in [9.17, 15) is 9.90 Å². The van der Waals surface area contributed by atoms with Gasteiger partial charge in [0.05, 0.1) is 13.7 Å². The van der Waals surface area contributed by atoms with Crippen molar-refractivity contribution < 1.29 is 14.6 Å². The van der Waals surface area contributed by atoms with Gasteiger partial charge in [-0.05, 0) is 85.7 Å². The number of likely N-dealkylation sites (tertiary alicyclic amines) is 1. The van der Waals surface area contributed by atoms with Crippen molar-refractivity contribution in [3.05, 3.63) is 59.2 Å². The van der Waals surface area contributed by atoms with Crippen molar-refractivity contribution in [3.63, 3.8) is 0 Å². The van der Waals surface area contributed by atoms with Gasteiger partial charge in [0.25, 0.3) is 0 Å². The predicted molar refractivity (Wildman–Crippen MR) is 120 cm³/mol. The number of phenols is 1. The number of ether oxygens (including phenoxy) is 1. The molecule has 0 spiro atoms. The van der Waals surface area contributed by atoms with Gasteiger partial charge in [-0.3, -0.25) is 9.69 Å². The molecule has 2 aromatic rings. The Kier molecular flexibility index (Phi) is 5.82. The highest BCUT2D eigenvalue weighted by molar-refractivity contribution is 5.97. The van der Waals surface area contributed by atoms with Crippen LogP contribution in [0.25, 0.3) is 0 Å². The van der Waals surface area contributed by atoms with Crippen LogP contribution in [0, 0.1) is 5.92 Å². The van der Waals surface area contributed by atoms with Gasteiger partial charge in [0.2, 0.25) is 0 Å². The van der Waals surface area contributed by atoms with Crippen LogP contribution in [-0.2, 0) is 11.8 Å². The van der Waals surface area contributed by atoms with E-state index in [0.29, 0.717) is 24.3 Å². The van der Waals surface area contributed by atoms with Crippen LogP contribution in [0.3, 0.4) is 0 Å². The molecule has 1 saturated heterocycles. The van der Waals surface area contributed by atoms with Gasteiger partial charge in [-0.25, -0.2) is 0 Å². The molecule has 5 rings (SSSR count). The van der Waals surface area contributed by atoms with E-state index in [1.165, 1.54) is 36.8 Å². The van der Waals surface area contributed by atoms with E-state index in [0.717, 1.165) is 30.7 Å². The second-order valence-electron chi connectivity index (χ2n) is 8.99. The summed E-state index contributed by atoms with van der Waals surface area (Å²) in [5, 5.41) is 10.1. The summed E-state index contributed by atoms with van der Waals surface area (Å²) in [5.41, 5.74) is 3.70. The van der Waals surface area contributed by atoms with Crippen LogP contribution < -0.4 is 4.74 Å². The van der Waals surface area contributed by atoms with Gasteiger partial charge in [0, 0.05) is 17.0 Å². The molecule has 160 valence electrons. The number of aromatic hydroxyl groups is 1. The summed E-state index contributed by atoms with van der Waals surface area (Å²) in [6.45, 7) is 1.44. The summed E-state index contributed by atoms with van der Waals surface area (Å²) in [5.74, 6) is 1.94. The minimum atomic E-state index is 0. The Hall–Kier alpha value is -2.04. The molecule has 3 atom stereocenters. The molecule has 4 nitrogen and oxygen atoms in total. The monoisotopic (exact) mass is 427 g/mol. The highest BCUT2D eigenvalue weighted by Crippen LogP contribution is 2.56. The van der Waals surface area contributed by atoms with Gasteiger partial charge in [0.1, 0.15) is 11.5 Å². The molecular formula is C25H30ClNO3. The zero-order valence-corrected chi connectivity index (χ0v) is 18.3. The largest absolute Gasteiger partial charge is 0.508 e. The van der Waals surface area contributed by atoms with Gasteiger partial charge >= 0.3 is 0 Å². The smallest absolute Gasteiger partial charge is 0.176 e. The van der Waals surface area contributed by atoms with Crippen LogP contribution in [0.2, 0.25) is 0 Å². The second kappa shape index (κ2) is 8.24. The number of Topliss-reactive ketones (excluding diaryl/α,β-unsaturated/α-hetero) is 1. The molecule has 2 aliphatic carbocycles. The second-order valence-corrected chi connectivity index (χ2v) is 8.99. The lowest BCUT2D eigenvalue weighted by atomic mass is 9.52. The minimum Gasteiger partial charge on any atom is -0.508 e. The Labute approximate surface area is 184 Å². The van der Waals surface area contributed by atoms with Gasteiger partial charge in [-0.1, -0.05) is 18.9 Å². The Balaban J connectivity index is 0.00000218. The van der Waals surface area contributed by atoms with Crippen molar-refractivity contribution >= 4 is 18.2 Å². The number of nitrogens with zero attached hydrogens (tertiary/aromatic N) is 1. The molecular weight excluding hydrogens is 398 g/mol. The van der Waals surface area contributed by atoms with Crippen LogP contribution in [0.15, 0.2) is 42.5 Å². The van der Waals surface area contributed by atoms with Crippen LogP contribution in [0.1, 0.15) is 53.6 Å². The molecule has 1 heterocycles. The molecule has 1 N–H and O–H groups in total. The SMILES string of the molecule is COc1ccc(C(=O)CN2CC[C@]34CCCC[C@H]3[C@H]2Cc2ccc(O)cc24)cc1.Cl. The number of ketones is 1. The van der Waals surface area contributed by atoms with E-state index in [1.54, 1.807) is 7.11 Å². The van der Waals surface area contributed by atoms with E-state index in [4.69, 9.17) is 4.74 Å². The first-order valence-corrected chi connectivity index (χ1v) is 10.8. The van der Waals surface area contributed by atoms with Gasteiger partial charge in [0.15, 0.2) is 5.78 Å². The van der Waals surface area contributed by atoms with E-state index < -0.39 is 0 Å². The van der Waals surface area contributed by atoms with Crippen LogP contribution in [0.5, 0.6) is 11.5 Å². The summed E-state index contributed by atoms with van der Waals surface area (Å²) in [7, 11) is 1.64. The number of methoxy groups -OCH3 is 1. The fourth-order valence-corrected chi connectivity index (χ4v) is 6.32. The van der Waals surface area contributed by atoms with Crippen LogP contribution >= 0.6 is 12.4 Å². The molecule has 2 aromatic carbocycles. The molecule has 0 aromatic heterocycles. The standard InChI is InChI=1S/C25H29NO3.ClH/c1-29-20-9-6-17(7-10-20)24(28)16-26-13-12-25-11-3-2-4-21(25)23(26)14-18-5-8-19(27)15-22(18)25;/h5-10,15,21,23,27H,2-4,11-14,16H2,1H3;1H/t21-,23+,25+;/m0./s1. The van der Waals surface area contributed by atoms with Crippen molar-refractivity contribution in [2.24, 2.45) is 5.92 Å². The summed E-state index contributed by atoms with van der Waals surface area (Å²) >= 11 is 0. The lowest BCUT2D eigenvalue weighted by Crippen LogP contribution is -2.61. The number of carbonyl (C=O) groups is 1. The van der Waals surface area contributed by atoms with E-state index in [2.05, 4.69) is 11.0 Å². The predicted octanol–water partition coefficient (Wildman–Crippen LogP) is 4.76. The summed E-state index contributed by atoms with van der Waals surface area (Å²) in [6, 6.07) is 13.8. The molecule has 1 saturated carbocycles. The van der Waals surface area contributed by atoms with Crippen LogP contribution in [-0.4, -0.2) is 42.0 Å². The van der Waals surface area contributed by atoms with E-state index in [1.807, 2.05) is 36.4 Å². The number of hydrogen-bond donors (Lipinski definition) is 1. The lowest BCUT2D eigenvalue weighted by molar-refractivity contribution is -0.00848. The molecule has 5 heteroatoms. The number of halogens is 1. The van der Waals surface area contributed by atoms with E-state index in [-0.39, 0.29) is 23.6 Å². The molecule has 2 fully saturated rings. The Morgan fingerprint density at radius 1 is 1.17 bits per heavy atom. The van der Waals surface area contributed by atoms with Crippen molar-refractivity contribution in [1.82, 2.24) is 4.90 Å². The van der Waals surface area contributed by atoms with Crippen molar-refractivity contribution in [1.29, 1.82) is 0 Å². The third-order valence-corrected chi connectivity index (χ3v) is 7.69. The fraction of sp³-hybridized carbons (Fsp3) is 0.480. The normalized spacial score (nSPS) is 27.4. The Morgan fingerprint density at radius 2 is 1.97 bits per heavy atom. The summed E-state index contributed by atoms with van der Waals surface area (Å²) in [6.07, 6.45) is 7.05. The zero-order valence-electron chi connectivity index (χ0n) is 17.5. The average molecular weight is 428 g/mol. The molecule has 2 bridgehead atoms. The van der Waals surface area contributed by atoms with Crippen molar-refractivity contribution in [3.8, 4) is 11.5 Å². The van der Waals surface area contributed by atoms with E-state index >= 15 is 0 Å². The fourth-order valence-electron chi connectivity index (χ4n) is 6.32. The summed E-state index contributed by atoms with van der Waals surface area (Å²) < 4.78 is 5.21. The van der Waals surface area contributed by atoms with Gasteiger partial charge in [-0.2, -0.15) is 0 Å². The molecule has 0 unspecified atom stereocenters. The maximum atomic E-state index is 13.0. The van der Waals surface area contributed by atoms with Gasteiger partial charge < -0.3 is 9.84 Å². The van der Waals surface area contributed by atoms with Gasteiger partial charge in [-0.15, -0.1) is 12.4 Å². The highest BCUT2D eigenvalue weighted by atomic mass is 35.5. The third-order valence-electron chi connectivity index (χ3n) is 7.69. The number of hydrogen-bond acceptors (Lipinski definition) is 4. The number of rotatable bonds is 4. The molecule has 0 amide bonds. The first-order valence-electron chi connectivity index (χ1n) is 10.8. The zero-order chi connectivity index (χ0) is 20.0. The molecule has 3 aliphatic rings. The number of phenolic OH excluding ortho intramolecular Hbond substituents is 1. The number of carbonyl (C=O) groups excluding carboxylic acids is 1. The molecule has 0 radical (unpaired) electrons. The number of benzene rings is 2. The topological polar surface area (TPSA) is 49.8 Å². The summed E-state index contributed by atoms with van der Waals surface area (Å²) in [4.78, 5) is 15.4. The van der Waals surface area contributed by atoms with Crippen LogP contribution in [0.4, 0.5) is 0 Å². The van der Waals surface area contributed by atoms with Crippen molar-refractivity contribution in [2.75, 3.05) is 20.2 Å². The minimum absolute atomic E-state index is 0. The third kappa shape index (κ3) is 3.40. The first kappa shape index (κ1) is 21.2. The maximum Gasteiger partial charge on any atom is 0.176 e.